The Kier molecular flexibility index (Phi) is 4.74. The van der Waals surface area contributed by atoms with Crippen molar-refractivity contribution in [1.82, 2.24) is 5.32 Å². The summed E-state index contributed by atoms with van der Waals surface area (Å²) < 4.78 is 5.53. The van der Waals surface area contributed by atoms with Gasteiger partial charge < -0.3 is 15.4 Å². The van der Waals surface area contributed by atoms with Crippen LogP contribution in [-0.2, 0) is 11.3 Å². The van der Waals surface area contributed by atoms with Gasteiger partial charge in [0.2, 0.25) is 0 Å². The molecule has 2 aromatic carbocycles. The molecule has 5 nitrogen and oxygen atoms in total. The molecule has 5 heteroatoms. The van der Waals surface area contributed by atoms with E-state index in [0.717, 1.165) is 5.56 Å². The predicted molar refractivity (Wildman–Crippen MR) is 96.9 cm³/mol. The molecule has 130 valence electrons. The van der Waals surface area contributed by atoms with E-state index in [-0.39, 0.29) is 11.8 Å². The van der Waals surface area contributed by atoms with Crippen molar-refractivity contribution in [2.45, 2.75) is 39.3 Å². The molecule has 3 rings (SSSR count). The van der Waals surface area contributed by atoms with E-state index in [2.05, 4.69) is 24.5 Å². The van der Waals surface area contributed by atoms with Gasteiger partial charge in [0.15, 0.2) is 6.10 Å². The van der Waals surface area contributed by atoms with Crippen LogP contribution in [0.5, 0.6) is 5.75 Å². The molecule has 0 radical (unpaired) electrons. The number of carbonyl (C=O) groups is 2. The Morgan fingerprint density at radius 2 is 1.92 bits per heavy atom. The summed E-state index contributed by atoms with van der Waals surface area (Å²) in [6.45, 7) is 6.32. The van der Waals surface area contributed by atoms with Gasteiger partial charge in [0.25, 0.3) is 11.8 Å². The fourth-order valence-electron chi connectivity index (χ4n) is 2.67. The molecular formula is C20H22N2O3. The van der Waals surface area contributed by atoms with Crippen LogP contribution in [0, 0.1) is 0 Å². The lowest BCUT2D eigenvalue weighted by molar-refractivity contribution is -0.122. The summed E-state index contributed by atoms with van der Waals surface area (Å²) in [5.74, 6) is 0.792. The fourth-order valence-corrected chi connectivity index (χ4v) is 2.67. The summed E-state index contributed by atoms with van der Waals surface area (Å²) in [5, 5.41) is 5.71. The van der Waals surface area contributed by atoms with Crippen molar-refractivity contribution in [1.29, 1.82) is 0 Å². The van der Waals surface area contributed by atoms with E-state index in [9.17, 15) is 9.59 Å². The van der Waals surface area contributed by atoms with E-state index >= 15 is 0 Å². The van der Waals surface area contributed by atoms with Gasteiger partial charge in [-0.2, -0.15) is 0 Å². The molecule has 2 aromatic rings. The van der Waals surface area contributed by atoms with E-state index in [0.29, 0.717) is 29.5 Å². The quantitative estimate of drug-likeness (QED) is 0.897. The van der Waals surface area contributed by atoms with Crippen LogP contribution in [0.25, 0.3) is 0 Å². The molecule has 1 heterocycles. The molecule has 0 bridgehead atoms. The minimum absolute atomic E-state index is 0.123. The van der Waals surface area contributed by atoms with Gasteiger partial charge in [0.1, 0.15) is 5.75 Å². The van der Waals surface area contributed by atoms with Gasteiger partial charge in [0, 0.05) is 12.1 Å². The number of hydrogen-bond donors (Lipinski definition) is 2. The number of rotatable bonds is 4. The maximum absolute atomic E-state index is 12.3. The van der Waals surface area contributed by atoms with Crippen LogP contribution >= 0.6 is 0 Å². The summed E-state index contributed by atoms with van der Waals surface area (Å²) in [4.78, 5) is 24.0. The van der Waals surface area contributed by atoms with Crippen LogP contribution < -0.4 is 15.4 Å². The van der Waals surface area contributed by atoms with E-state index in [4.69, 9.17) is 4.74 Å². The standard InChI is InChI=1S/C20H22N2O3/c1-12(2)15-5-7-16(8-6-15)20(24)21-11-14-4-9-18-17(10-14)22-19(23)13(3)25-18/h4-10,12-13H,11H2,1-3H3,(H,21,24)(H,22,23). The third kappa shape index (κ3) is 3.82. The SMILES string of the molecule is CC1Oc2ccc(CNC(=O)c3ccc(C(C)C)cc3)cc2NC1=O. The molecule has 1 unspecified atom stereocenters. The molecule has 0 spiro atoms. The Bertz CT molecular complexity index is 797. The molecule has 1 aliphatic rings. The fraction of sp³-hybridized carbons (Fsp3) is 0.300. The smallest absolute Gasteiger partial charge is 0.265 e. The number of amides is 2. The van der Waals surface area contributed by atoms with Crippen molar-refractivity contribution >= 4 is 17.5 Å². The minimum Gasteiger partial charge on any atom is -0.479 e. The highest BCUT2D eigenvalue weighted by molar-refractivity contribution is 5.97. The third-order valence-electron chi connectivity index (χ3n) is 4.27. The Morgan fingerprint density at radius 3 is 2.60 bits per heavy atom. The zero-order chi connectivity index (χ0) is 18.0. The number of benzene rings is 2. The molecule has 1 atom stereocenters. The highest BCUT2D eigenvalue weighted by Crippen LogP contribution is 2.30. The second kappa shape index (κ2) is 6.97. The van der Waals surface area contributed by atoms with Gasteiger partial charge in [-0.3, -0.25) is 9.59 Å². The first-order chi connectivity index (χ1) is 11.9. The summed E-state index contributed by atoms with van der Waals surface area (Å²) in [5.41, 5.74) is 3.37. The molecule has 2 N–H and O–H groups in total. The average molecular weight is 338 g/mol. The lowest BCUT2D eigenvalue weighted by atomic mass is 10.0. The van der Waals surface area contributed by atoms with Gasteiger partial charge in [-0.15, -0.1) is 0 Å². The molecule has 0 aromatic heterocycles. The van der Waals surface area contributed by atoms with Gasteiger partial charge >= 0.3 is 0 Å². The Labute approximate surface area is 147 Å². The Hall–Kier alpha value is -2.82. The van der Waals surface area contributed by atoms with Crippen molar-refractivity contribution in [2.75, 3.05) is 5.32 Å². The summed E-state index contributed by atoms with van der Waals surface area (Å²) in [6.07, 6.45) is -0.494. The number of anilines is 1. The summed E-state index contributed by atoms with van der Waals surface area (Å²) >= 11 is 0. The van der Waals surface area contributed by atoms with E-state index in [1.54, 1.807) is 6.92 Å². The van der Waals surface area contributed by atoms with Crippen molar-refractivity contribution in [3.05, 3.63) is 59.2 Å². The first-order valence-electron chi connectivity index (χ1n) is 8.42. The molecular weight excluding hydrogens is 316 g/mol. The van der Waals surface area contributed by atoms with Crippen molar-refractivity contribution in [2.24, 2.45) is 0 Å². The lowest BCUT2D eigenvalue weighted by Gasteiger charge is -2.23. The number of ether oxygens (including phenoxy) is 1. The lowest BCUT2D eigenvalue weighted by Crippen LogP contribution is -2.34. The minimum atomic E-state index is -0.494. The normalized spacial score (nSPS) is 16.0. The molecule has 0 saturated heterocycles. The van der Waals surface area contributed by atoms with Crippen LogP contribution in [0.3, 0.4) is 0 Å². The number of fused-ring (bicyclic) bond motifs is 1. The first-order valence-corrected chi connectivity index (χ1v) is 8.42. The van der Waals surface area contributed by atoms with Crippen LogP contribution in [-0.4, -0.2) is 17.9 Å². The summed E-state index contributed by atoms with van der Waals surface area (Å²) in [7, 11) is 0. The molecule has 0 fully saturated rings. The van der Waals surface area contributed by atoms with Crippen LogP contribution in [0.4, 0.5) is 5.69 Å². The monoisotopic (exact) mass is 338 g/mol. The zero-order valence-electron chi connectivity index (χ0n) is 14.6. The van der Waals surface area contributed by atoms with Gasteiger partial charge in [-0.05, 0) is 48.2 Å². The van der Waals surface area contributed by atoms with Crippen LogP contribution in [0.15, 0.2) is 42.5 Å². The van der Waals surface area contributed by atoms with E-state index < -0.39 is 6.10 Å². The average Bonchev–Trinajstić information content (AvgIpc) is 2.60. The topological polar surface area (TPSA) is 67.4 Å². The number of carbonyl (C=O) groups excluding carboxylic acids is 2. The predicted octanol–water partition coefficient (Wildman–Crippen LogP) is 3.46. The molecule has 1 aliphatic heterocycles. The third-order valence-corrected chi connectivity index (χ3v) is 4.27. The maximum Gasteiger partial charge on any atom is 0.265 e. The van der Waals surface area contributed by atoms with Crippen molar-refractivity contribution < 1.29 is 14.3 Å². The maximum atomic E-state index is 12.3. The first kappa shape index (κ1) is 17.0. The molecule has 0 aliphatic carbocycles. The molecule has 2 amide bonds. The molecule has 25 heavy (non-hydrogen) atoms. The second-order valence-electron chi connectivity index (χ2n) is 6.54. The Morgan fingerprint density at radius 1 is 1.20 bits per heavy atom. The van der Waals surface area contributed by atoms with Crippen LogP contribution in [0.1, 0.15) is 48.2 Å². The van der Waals surface area contributed by atoms with Crippen LogP contribution in [0.2, 0.25) is 0 Å². The van der Waals surface area contributed by atoms with Gasteiger partial charge in [-0.1, -0.05) is 32.0 Å². The van der Waals surface area contributed by atoms with Gasteiger partial charge in [0.05, 0.1) is 5.69 Å². The van der Waals surface area contributed by atoms with Crippen molar-refractivity contribution in [3.63, 3.8) is 0 Å². The highest BCUT2D eigenvalue weighted by Gasteiger charge is 2.23. The summed E-state index contributed by atoms with van der Waals surface area (Å²) in [6, 6.07) is 13.1. The largest absolute Gasteiger partial charge is 0.479 e. The second-order valence-corrected chi connectivity index (χ2v) is 6.54. The number of nitrogens with one attached hydrogen (secondary N) is 2. The number of hydrogen-bond acceptors (Lipinski definition) is 3. The Balaban J connectivity index is 1.64. The van der Waals surface area contributed by atoms with E-state index in [1.165, 1.54) is 5.56 Å². The molecule has 0 saturated carbocycles. The van der Waals surface area contributed by atoms with Gasteiger partial charge in [-0.25, -0.2) is 0 Å². The highest BCUT2D eigenvalue weighted by atomic mass is 16.5. The van der Waals surface area contributed by atoms with Crippen molar-refractivity contribution in [3.8, 4) is 5.75 Å². The zero-order valence-corrected chi connectivity index (χ0v) is 14.6. The van der Waals surface area contributed by atoms with E-state index in [1.807, 2.05) is 42.5 Å².